The molecule has 0 aliphatic rings. The van der Waals surface area contributed by atoms with Crippen LogP contribution in [-0.2, 0) is 0 Å². The van der Waals surface area contributed by atoms with Gasteiger partial charge in [0.25, 0.3) is 0 Å². The Balaban J connectivity index is 1.81. The van der Waals surface area contributed by atoms with Gasteiger partial charge in [0.1, 0.15) is 12.4 Å². The Labute approximate surface area is 125 Å². The number of benzene rings is 2. The molecule has 0 aromatic heterocycles. The predicted molar refractivity (Wildman–Crippen MR) is 84.7 cm³/mol. The van der Waals surface area contributed by atoms with E-state index in [9.17, 15) is 0 Å². The summed E-state index contributed by atoms with van der Waals surface area (Å²) in [5.74, 6) is 3.88. The average Bonchev–Trinajstić information content (AvgIpc) is 2.42. The summed E-state index contributed by atoms with van der Waals surface area (Å²) in [5.41, 5.74) is 0. The number of thioether (sulfide) groups is 1. The van der Waals surface area contributed by atoms with Crippen LogP contribution in [0.25, 0.3) is 0 Å². The molecule has 1 nitrogen and oxygen atoms in total. The summed E-state index contributed by atoms with van der Waals surface area (Å²) in [7, 11) is 0. The first kappa shape index (κ1) is 13.3. The maximum atomic E-state index is 5.58. The van der Waals surface area contributed by atoms with E-state index < -0.39 is 0 Å². The van der Waals surface area contributed by atoms with E-state index in [4.69, 9.17) is 4.74 Å². The van der Waals surface area contributed by atoms with E-state index >= 15 is 0 Å². The third-order valence-corrected chi connectivity index (χ3v) is 3.77. The summed E-state index contributed by atoms with van der Waals surface area (Å²) < 4.78 is 6.68. The summed E-state index contributed by atoms with van der Waals surface area (Å²) in [5, 5.41) is 3.03. The lowest BCUT2D eigenvalue weighted by atomic mass is 10.3. The molecule has 0 bridgehead atoms. The zero-order valence-corrected chi connectivity index (χ0v) is 12.6. The van der Waals surface area contributed by atoms with E-state index in [2.05, 4.69) is 33.8 Å². The zero-order chi connectivity index (χ0) is 12.6. The van der Waals surface area contributed by atoms with Crippen LogP contribution in [0.5, 0.6) is 5.75 Å². The number of rotatable bonds is 3. The molecule has 0 heterocycles. The maximum absolute atomic E-state index is 5.58. The van der Waals surface area contributed by atoms with E-state index in [0.29, 0.717) is 6.61 Å². The third-order valence-electron chi connectivity index (χ3n) is 2.12. The van der Waals surface area contributed by atoms with Crippen LogP contribution in [0.2, 0.25) is 0 Å². The Hall–Kier alpha value is -1.12. The van der Waals surface area contributed by atoms with Gasteiger partial charge in [-0.15, -0.1) is 0 Å². The standard InChI is InChI=1S/C15H11IOS/c16-14-9-4-5-10-15(14)17-11-6-12-18-13-7-2-1-3-8-13/h1-5,7-10H,11H2. The number of hydrogen-bond donors (Lipinski definition) is 0. The fourth-order valence-electron chi connectivity index (χ4n) is 1.29. The Morgan fingerprint density at radius 2 is 1.72 bits per heavy atom. The third kappa shape index (κ3) is 4.28. The van der Waals surface area contributed by atoms with Crippen LogP contribution in [0.15, 0.2) is 59.5 Å². The summed E-state index contributed by atoms with van der Waals surface area (Å²) >= 11 is 3.77. The van der Waals surface area contributed by atoms with Gasteiger partial charge in [-0.2, -0.15) is 0 Å². The van der Waals surface area contributed by atoms with Gasteiger partial charge in [-0.05, 0) is 69.8 Å². The lowest BCUT2D eigenvalue weighted by molar-refractivity contribution is 0.367. The molecule has 0 spiro atoms. The van der Waals surface area contributed by atoms with Crippen molar-refractivity contribution >= 4 is 34.4 Å². The Bertz CT molecular complexity index is 557. The first-order valence-electron chi connectivity index (χ1n) is 5.43. The van der Waals surface area contributed by atoms with Gasteiger partial charge in [-0.3, -0.25) is 0 Å². The van der Waals surface area contributed by atoms with Crippen LogP contribution in [-0.4, -0.2) is 6.61 Å². The molecule has 0 radical (unpaired) electrons. The van der Waals surface area contributed by atoms with Gasteiger partial charge in [0.15, 0.2) is 0 Å². The molecule has 0 N–H and O–H groups in total. The highest BCUT2D eigenvalue weighted by Crippen LogP contribution is 2.19. The van der Waals surface area contributed by atoms with Crippen molar-refractivity contribution in [3.8, 4) is 16.9 Å². The Morgan fingerprint density at radius 1 is 1.00 bits per heavy atom. The molecule has 2 rings (SSSR count). The second-order valence-corrected chi connectivity index (χ2v) is 5.45. The Kier molecular flexibility index (Phi) is 5.43. The first-order chi connectivity index (χ1) is 8.86. The van der Waals surface area contributed by atoms with Crippen LogP contribution in [0.3, 0.4) is 0 Å². The van der Waals surface area contributed by atoms with E-state index in [1.54, 1.807) is 0 Å². The van der Waals surface area contributed by atoms with Gasteiger partial charge in [-0.1, -0.05) is 30.3 Å². The molecule has 0 saturated heterocycles. The predicted octanol–water partition coefficient (Wildman–Crippen LogP) is 4.42. The normalized spacial score (nSPS) is 9.39. The zero-order valence-electron chi connectivity index (χ0n) is 9.60. The summed E-state index contributed by atoms with van der Waals surface area (Å²) in [6.07, 6.45) is 0. The van der Waals surface area contributed by atoms with Crippen LogP contribution in [0.1, 0.15) is 0 Å². The summed E-state index contributed by atoms with van der Waals surface area (Å²) in [6.45, 7) is 0.417. The van der Waals surface area contributed by atoms with E-state index in [1.807, 2.05) is 54.6 Å². The van der Waals surface area contributed by atoms with Crippen molar-refractivity contribution in [3.63, 3.8) is 0 Å². The fourth-order valence-corrected chi connectivity index (χ4v) is 2.37. The molecule has 0 aliphatic heterocycles. The molecule has 0 unspecified atom stereocenters. The van der Waals surface area contributed by atoms with E-state index in [-0.39, 0.29) is 0 Å². The molecule has 3 heteroatoms. The number of ether oxygens (including phenoxy) is 1. The molecule has 0 fully saturated rings. The fraction of sp³-hybridized carbons (Fsp3) is 0.0667. The Morgan fingerprint density at radius 3 is 2.50 bits per heavy atom. The molecule has 0 aliphatic carbocycles. The second kappa shape index (κ2) is 7.34. The molecule has 0 atom stereocenters. The van der Waals surface area contributed by atoms with Crippen molar-refractivity contribution in [1.82, 2.24) is 0 Å². The largest absolute Gasteiger partial charge is 0.480 e. The minimum absolute atomic E-state index is 0.417. The minimum atomic E-state index is 0.417. The topological polar surface area (TPSA) is 9.23 Å². The minimum Gasteiger partial charge on any atom is -0.480 e. The molecular formula is C15H11IOS. The summed E-state index contributed by atoms with van der Waals surface area (Å²) in [6, 6.07) is 18.0. The SMILES string of the molecule is Ic1ccccc1OCC#CSc1ccccc1. The van der Waals surface area contributed by atoms with E-state index in [0.717, 1.165) is 14.2 Å². The van der Waals surface area contributed by atoms with Crippen LogP contribution in [0.4, 0.5) is 0 Å². The van der Waals surface area contributed by atoms with Crippen LogP contribution < -0.4 is 4.74 Å². The summed E-state index contributed by atoms with van der Waals surface area (Å²) in [4.78, 5) is 1.15. The van der Waals surface area contributed by atoms with Crippen molar-refractivity contribution in [2.24, 2.45) is 0 Å². The maximum Gasteiger partial charge on any atom is 0.150 e. The number of para-hydroxylation sites is 1. The number of halogens is 1. The quantitative estimate of drug-likeness (QED) is 0.452. The highest BCUT2D eigenvalue weighted by atomic mass is 127. The molecule has 0 saturated carbocycles. The van der Waals surface area contributed by atoms with Gasteiger partial charge in [0, 0.05) is 4.90 Å². The molecule has 18 heavy (non-hydrogen) atoms. The molecule has 90 valence electrons. The van der Waals surface area contributed by atoms with Gasteiger partial charge >= 0.3 is 0 Å². The van der Waals surface area contributed by atoms with Crippen LogP contribution >= 0.6 is 34.4 Å². The van der Waals surface area contributed by atoms with Gasteiger partial charge in [0.05, 0.1) is 3.57 Å². The molecule has 2 aromatic carbocycles. The first-order valence-corrected chi connectivity index (χ1v) is 7.33. The number of hydrogen-bond acceptors (Lipinski definition) is 2. The lowest BCUT2D eigenvalue weighted by Crippen LogP contribution is -1.95. The van der Waals surface area contributed by atoms with Crippen molar-refractivity contribution in [3.05, 3.63) is 58.2 Å². The second-order valence-electron chi connectivity index (χ2n) is 3.41. The monoisotopic (exact) mass is 366 g/mol. The van der Waals surface area contributed by atoms with E-state index in [1.165, 1.54) is 11.8 Å². The molecule has 2 aromatic rings. The van der Waals surface area contributed by atoms with Crippen molar-refractivity contribution in [2.45, 2.75) is 4.90 Å². The highest BCUT2D eigenvalue weighted by molar-refractivity contribution is 14.1. The van der Waals surface area contributed by atoms with Crippen molar-refractivity contribution < 1.29 is 4.74 Å². The molecular weight excluding hydrogens is 355 g/mol. The van der Waals surface area contributed by atoms with Gasteiger partial charge < -0.3 is 4.74 Å². The lowest BCUT2D eigenvalue weighted by Gasteiger charge is -2.03. The smallest absolute Gasteiger partial charge is 0.150 e. The van der Waals surface area contributed by atoms with Gasteiger partial charge in [0.2, 0.25) is 0 Å². The van der Waals surface area contributed by atoms with Crippen molar-refractivity contribution in [2.75, 3.05) is 6.61 Å². The van der Waals surface area contributed by atoms with Gasteiger partial charge in [-0.25, -0.2) is 0 Å². The highest BCUT2D eigenvalue weighted by Gasteiger charge is 1.96. The van der Waals surface area contributed by atoms with Crippen LogP contribution in [0, 0.1) is 14.7 Å². The molecule has 0 amide bonds. The average molecular weight is 366 g/mol. The van der Waals surface area contributed by atoms with Crippen molar-refractivity contribution in [1.29, 1.82) is 0 Å².